The van der Waals surface area contributed by atoms with Gasteiger partial charge in [-0.1, -0.05) is 65.7 Å². The maximum Gasteiger partial charge on any atom is 0.223 e. The first kappa shape index (κ1) is 26.6. The minimum atomic E-state index is 0.0677. The van der Waals surface area contributed by atoms with Crippen molar-refractivity contribution in [3.8, 4) is 0 Å². The van der Waals surface area contributed by atoms with Crippen LogP contribution in [0.25, 0.3) is 0 Å². The summed E-state index contributed by atoms with van der Waals surface area (Å²) in [5, 5.41) is 0.751. The first-order chi connectivity index (χ1) is 18.4. The quantitative estimate of drug-likeness (QED) is 0.324. The molecular weight excluding hydrogens is 492 g/mol. The van der Waals surface area contributed by atoms with E-state index in [9.17, 15) is 9.59 Å². The Balaban J connectivity index is 1.10. The molecule has 0 unspecified atom stereocenters. The number of carbonyl (C=O) groups is 2. The van der Waals surface area contributed by atoms with Crippen LogP contribution in [0.3, 0.4) is 0 Å². The van der Waals surface area contributed by atoms with Crippen molar-refractivity contribution in [2.24, 2.45) is 0 Å². The van der Waals surface area contributed by atoms with E-state index in [4.69, 9.17) is 11.6 Å². The second-order valence-electron chi connectivity index (χ2n) is 10.9. The molecule has 0 atom stereocenters. The van der Waals surface area contributed by atoms with E-state index >= 15 is 0 Å². The van der Waals surface area contributed by atoms with E-state index < -0.39 is 0 Å². The highest BCUT2D eigenvalue weighted by Gasteiger charge is 2.24. The molecule has 4 nitrogen and oxygen atoms in total. The van der Waals surface area contributed by atoms with E-state index in [0.29, 0.717) is 5.92 Å². The van der Waals surface area contributed by atoms with Gasteiger partial charge < -0.3 is 4.90 Å². The van der Waals surface area contributed by atoms with Gasteiger partial charge in [-0.25, -0.2) is 0 Å². The largest absolute Gasteiger partial charge is 0.343 e. The van der Waals surface area contributed by atoms with Crippen LogP contribution in [0.5, 0.6) is 0 Å². The molecule has 0 bridgehead atoms. The van der Waals surface area contributed by atoms with Crippen LogP contribution >= 0.6 is 11.6 Å². The van der Waals surface area contributed by atoms with Crippen molar-refractivity contribution in [1.82, 2.24) is 9.80 Å². The van der Waals surface area contributed by atoms with Gasteiger partial charge in [-0.05, 0) is 79.0 Å². The molecular formula is C33H37ClN2O2. The van der Waals surface area contributed by atoms with Gasteiger partial charge in [0, 0.05) is 56.2 Å². The van der Waals surface area contributed by atoms with E-state index in [1.54, 1.807) is 0 Å². The fourth-order valence-electron chi connectivity index (χ4n) is 5.89. The molecule has 3 aromatic rings. The topological polar surface area (TPSA) is 40.6 Å². The van der Waals surface area contributed by atoms with Gasteiger partial charge in [-0.15, -0.1) is 0 Å². The summed E-state index contributed by atoms with van der Waals surface area (Å²) in [5.74, 6) is 0.623. The fourth-order valence-corrected chi connectivity index (χ4v) is 6.02. The number of hydrogen-bond acceptors (Lipinski definition) is 3. The predicted octanol–water partition coefficient (Wildman–Crippen LogP) is 6.62. The molecule has 5 rings (SSSR count). The van der Waals surface area contributed by atoms with Gasteiger partial charge in [-0.2, -0.15) is 0 Å². The molecule has 2 aliphatic heterocycles. The average molecular weight is 529 g/mol. The van der Waals surface area contributed by atoms with Gasteiger partial charge in [-0.3, -0.25) is 14.5 Å². The molecule has 3 aromatic carbocycles. The highest BCUT2D eigenvalue weighted by Crippen LogP contribution is 2.29. The minimum absolute atomic E-state index is 0.0677. The molecule has 0 N–H and O–H groups in total. The van der Waals surface area contributed by atoms with Crippen molar-refractivity contribution in [2.75, 3.05) is 26.2 Å². The molecule has 1 saturated heterocycles. The monoisotopic (exact) mass is 528 g/mol. The van der Waals surface area contributed by atoms with Crippen LogP contribution in [0.15, 0.2) is 66.7 Å². The van der Waals surface area contributed by atoms with Gasteiger partial charge in [0.1, 0.15) is 0 Å². The van der Waals surface area contributed by atoms with Crippen LogP contribution in [0.4, 0.5) is 0 Å². The van der Waals surface area contributed by atoms with Crippen LogP contribution in [-0.2, 0) is 24.2 Å². The first-order valence-electron chi connectivity index (χ1n) is 13.9. The Labute approximate surface area is 231 Å². The minimum Gasteiger partial charge on any atom is -0.343 e. The van der Waals surface area contributed by atoms with Crippen LogP contribution in [0.2, 0.25) is 5.02 Å². The molecule has 198 valence electrons. The predicted molar refractivity (Wildman–Crippen MR) is 154 cm³/mol. The number of rotatable bonds is 7. The zero-order valence-corrected chi connectivity index (χ0v) is 23.1. The van der Waals surface area contributed by atoms with Crippen molar-refractivity contribution in [1.29, 1.82) is 0 Å². The number of benzene rings is 3. The van der Waals surface area contributed by atoms with Crippen molar-refractivity contribution < 1.29 is 9.59 Å². The fraction of sp³-hybridized carbons (Fsp3) is 0.394. The SMILES string of the molecule is Cc1cccc(CN2CCc3ccc(C(=O)CCC(=O)N4CCC(c5ccc(Cl)cc5)CC4)cc3CC2)c1. The van der Waals surface area contributed by atoms with Gasteiger partial charge in [0.15, 0.2) is 5.78 Å². The summed E-state index contributed by atoms with van der Waals surface area (Å²) in [7, 11) is 0. The Kier molecular flexibility index (Phi) is 8.61. The van der Waals surface area contributed by atoms with E-state index in [2.05, 4.69) is 60.4 Å². The Bertz CT molecular complexity index is 1280. The summed E-state index contributed by atoms with van der Waals surface area (Å²) < 4.78 is 0. The standard InChI is InChI=1S/C33H37ClN2O2/c1-24-3-2-4-25(21-24)23-35-17-13-27-5-6-30(22-29(27)14-18-35)32(37)11-12-33(38)36-19-15-28(16-20-36)26-7-9-31(34)10-8-26/h2-10,21-22,28H,11-20,23H2,1H3. The second kappa shape index (κ2) is 12.3. The van der Waals surface area contributed by atoms with E-state index in [1.165, 1.54) is 27.8 Å². The number of ketones is 1. The van der Waals surface area contributed by atoms with Crippen LogP contribution in [-0.4, -0.2) is 47.7 Å². The number of piperidine rings is 1. The van der Waals surface area contributed by atoms with Crippen LogP contribution in [0, 0.1) is 6.92 Å². The normalized spacial score (nSPS) is 16.6. The van der Waals surface area contributed by atoms with E-state index in [1.807, 2.05) is 23.1 Å². The number of likely N-dealkylation sites (tertiary alicyclic amines) is 1. The molecule has 0 aromatic heterocycles. The van der Waals surface area contributed by atoms with Gasteiger partial charge in [0.25, 0.3) is 0 Å². The van der Waals surface area contributed by atoms with Crippen molar-refractivity contribution in [3.63, 3.8) is 0 Å². The van der Waals surface area contributed by atoms with Gasteiger partial charge in [0.2, 0.25) is 5.91 Å². The molecule has 2 heterocycles. The Morgan fingerprint density at radius 2 is 1.58 bits per heavy atom. The second-order valence-corrected chi connectivity index (χ2v) is 11.3. The molecule has 0 aliphatic carbocycles. The number of carbonyl (C=O) groups excluding carboxylic acids is 2. The summed E-state index contributed by atoms with van der Waals surface area (Å²) in [6.45, 7) is 6.61. The van der Waals surface area contributed by atoms with E-state index in [-0.39, 0.29) is 24.5 Å². The third-order valence-electron chi connectivity index (χ3n) is 8.17. The molecule has 0 spiro atoms. The molecule has 0 saturated carbocycles. The molecule has 5 heteroatoms. The number of nitrogens with zero attached hydrogens (tertiary/aromatic N) is 2. The van der Waals surface area contributed by atoms with Crippen LogP contribution in [0.1, 0.15) is 69.8 Å². The molecule has 0 radical (unpaired) electrons. The summed E-state index contributed by atoms with van der Waals surface area (Å²) >= 11 is 6.02. The molecule has 1 fully saturated rings. The number of aryl methyl sites for hydroxylation is 1. The Hall–Kier alpha value is -2.95. The summed E-state index contributed by atoms with van der Waals surface area (Å²) in [4.78, 5) is 30.3. The number of halogens is 1. The van der Waals surface area contributed by atoms with Gasteiger partial charge >= 0.3 is 0 Å². The lowest BCUT2D eigenvalue weighted by atomic mass is 9.89. The third kappa shape index (κ3) is 6.73. The summed E-state index contributed by atoms with van der Waals surface area (Å²) in [6, 6.07) is 22.9. The highest BCUT2D eigenvalue weighted by atomic mass is 35.5. The third-order valence-corrected chi connectivity index (χ3v) is 8.42. The summed E-state index contributed by atoms with van der Waals surface area (Å²) in [6.07, 6.45) is 4.41. The molecule has 38 heavy (non-hydrogen) atoms. The lowest BCUT2D eigenvalue weighted by Crippen LogP contribution is -2.38. The average Bonchev–Trinajstić information content (AvgIpc) is 3.14. The highest BCUT2D eigenvalue weighted by molar-refractivity contribution is 6.30. The zero-order valence-electron chi connectivity index (χ0n) is 22.3. The molecule has 1 amide bonds. The van der Waals surface area contributed by atoms with Crippen LogP contribution < -0.4 is 0 Å². The Morgan fingerprint density at radius 1 is 0.842 bits per heavy atom. The number of Topliss-reactive ketones (excluding diaryl/α,β-unsaturated/α-hetero) is 1. The molecule has 2 aliphatic rings. The smallest absolute Gasteiger partial charge is 0.223 e. The van der Waals surface area contributed by atoms with Crippen molar-refractivity contribution in [2.45, 2.75) is 57.9 Å². The first-order valence-corrected chi connectivity index (χ1v) is 14.3. The number of hydrogen-bond donors (Lipinski definition) is 0. The van der Waals surface area contributed by atoms with Gasteiger partial charge in [0.05, 0.1) is 0 Å². The maximum absolute atomic E-state index is 13.0. The lowest BCUT2D eigenvalue weighted by Gasteiger charge is -2.32. The van der Waals surface area contributed by atoms with E-state index in [0.717, 1.165) is 69.0 Å². The zero-order chi connectivity index (χ0) is 26.5. The number of fused-ring (bicyclic) bond motifs is 1. The Morgan fingerprint density at radius 3 is 2.32 bits per heavy atom. The van der Waals surface area contributed by atoms with Crippen molar-refractivity contribution >= 4 is 23.3 Å². The summed E-state index contributed by atoms with van der Waals surface area (Å²) in [5.41, 5.74) is 7.30. The number of amides is 1. The lowest BCUT2D eigenvalue weighted by molar-refractivity contribution is -0.132. The van der Waals surface area contributed by atoms with Crippen molar-refractivity contribution in [3.05, 3.63) is 105 Å². The maximum atomic E-state index is 13.0.